The van der Waals surface area contributed by atoms with Gasteiger partial charge in [0, 0.05) is 23.1 Å². The lowest BCUT2D eigenvalue weighted by Crippen LogP contribution is -2.12. The van der Waals surface area contributed by atoms with Crippen LogP contribution in [0.2, 0.25) is 0 Å². The molecular formula is C15H13N7OS2. The molecule has 4 rings (SSSR count). The predicted octanol–water partition coefficient (Wildman–Crippen LogP) is 2.79. The van der Waals surface area contributed by atoms with Crippen molar-refractivity contribution in [3.8, 4) is 0 Å². The lowest BCUT2D eigenvalue weighted by atomic mass is 10.2. The van der Waals surface area contributed by atoms with E-state index in [4.69, 9.17) is 0 Å². The van der Waals surface area contributed by atoms with E-state index in [0.29, 0.717) is 28.1 Å². The number of thioether (sulfide) groups is 1. The molecule has 3 heterocycles. The zero-order valence-electron chi connectivity index (χ0n) is 13.2. The third-order valence-corrected chi connectivity index (χ3v) is 5.03. The van der Waals surface area contributed by atoms with Crippen molar-refractivity contribution in [1.29, 1.82) is 0 Å². The summed E-state index contributed by atoms with van der Waals surface area (Å²) < 4.78 is 0. The summed E-state index contributed by atoms with van der Waals surface area (Å²) in [6, 6.07) is 7.87. The third kappa shape index (κ3) is 3.44. The SMILES string of the molecule is Cc1nnc(NC(=O)CCSc2nnc3c(n2)[nH]c2ccccc23)s1. The molecule has 0 saturated carbocycles. The number of hydrogen-bond acceptors (Lipinski definition) is 8. The molecule has 0 radical (unpaired) electrons. The van der Waals surface area contributed by atoms with Gasteiger partial charge in [0.2, 0.25) is 16.2 Å². The van der Waals surface area contributed by atoms with Crippen molar-refractivity contribution in [1.82, 2.24) is 30.4 Å². The van der Waals surface area contributed by atoms with Gasteiger partial charge in [0.15, 0.2) is 5.65 Å². The minimum atomic E-state index is -0.108. The Balaban J connectivity index is 1.39. The first-order chi connectivity index (χ1) is 12.2. The van der Waals surface area contributed by atoms with Gasteiger partial charge in [-0.2, -0.15) is 0 Å². The zero-order chi connectivity index (χ0) is 17.2. The fraction of sp³-hybridized carbons (Fsp3) is 0.200. The average Bonchev–Trinajstić information content (AvgIpc) is 3.17. The number of nitrogens with zero attached hydrogens (tertiary/aromatic N) is 5. The molecule has 0 aliphatic heterocycles. The first-order valence-corrected chi connectivity index (χ1v) is 9.33. The highest BCUT2D eigenvalue weighted by atomic mass is 32.2. The van der Waals surface area contributed by atoms with Crippen LogP contribution in [0, 0.1) is 6.92 Å². The quantitative estimate of drug-likeness (QED) is 0.519. The summed E-state index contributed by atoms with van der Waals surface area (Å²) in [7, 11) is 0. The summed E-state index contributed by atoms with van der Waals surface area (Å²) in [5.41, 5.74) is 2.44. The molecule has 25 heavy (non-hydrogen) atoms. The molecule has 3 aromatic heterocycles. The fourth-order valence-electron chi connectivity index (χ4n) is 2.33. The van der Waals surface area contributed by atoms with Crippen molar-refractivity contribution in [2.75, 3.05) is 11.1 Å². The van der Waals surface area contributed by atoms with Gasteiger partial charge in [-0.1, -0.05) is 41.3 Å². The summed E-state index contributed by atoms with van der Waals surface area (Å²) in [5.74, 6) is 0.445. The van der Waals surface area contributed by atoms with Gasteiger partial charge in [-0.05, 0) is 13.0 Å². The van der Waals surface area contributed by atoms with Crippen molar-refractivity contribution >= 4 is 56.2 Å². The van der Waals surface area contributed by atoms with Crippen LogP contribution in [0.15, 0.2) is 29.4 Å². The third-order valence-electron chi connectivity index (χ3n) is 3.44. The van der Waals surface area contributed by atoms with Crippen LogP contribution in [-0.4, -0.2) is 42.0 Å². The van der Waals surface area contributed by atoms with Crippen molar-refractivity contribution < 1.29 is 4.79 Å². The van der Waals surface area contributed by atoms with Crippen LogP contribution in [0.3, 0.4) is 0 Å². The Labute approximate surface area is 150 Å². The molecule has 0 atom stereocenters. The van der Waals surface area contributed by atoms with Crippen LogP contribution in [-0.2, 0) is 4.79 Å². The Morgan fingerprint density at radius 1 is 1.24 bits per heavy atom. The minimum Gasteiger partial charge on any atom is -0.338 e. The number of aromatic nitrogens is 6. The van der Waals surface area contributed by atoms with E-state index in [-0.39, 0.29) is 5.91 Å². The largest absolute Gasteiger partial charge is 0.338 e. The number of anilines is 1. The number of rotatable bonds is 5. The van der Waals surface area contributed by atoms with Crippen LogP contribution in [0.5, 0.6) is 0 Å². The Morgan fingerprint density at radius 3 is 2.96 bits per heavy atom. The van der Waals surface area contributed by atoms with E-state index in [9.17, 15) is 4.79 Å². The predicted molar refractivity (Wildman–Crippen MR) is 97.8 cm³/mol. The molecule has 0 unspecified atom stereocenters. The molecule has 1 amide bonds. The first kappa shape index (κ1) is 15.9. The van der Waals surface area contributed by atoms with Gasteiger partial charge < -0.3 is 10.3 Å². The van der Waals surface area contributed by atoms with E-state index in [1.807, 2.05) is 31.2 Å². The summed E-state index contributed by atoms with van der Waals surface area (Å²) >= 11 is 2.74. The average molecular weight is 371 g/mol. The highest BCUT2D eigenvalue weighted by Gasteiger charge is 2.10. The Bertz CT molecular complexity index is 1060. The number of H-pyrrole nitrogens is 1. The van der Waals surface area contributed by atoms with Crippen LogP contribution in [0.4, 0.5) is 5.13 Å². The van der Waals surface area contributed by atoms with E-state index in [2.05, 4.69) is 35.7 Å². The number of fused-ring (bicyclic) bond motifs is 3. The van der Waals surface area contributed by atoms with Gasteiger partial charge >= 0.3 is 0 Å². The van der Waals surface area contributed by atoms with Crippen molar-refractivity contribution in [3.63, 3.8) is 0 Å². The number of nitrogens with one attached hydrogen (secondary N) is 2. The second kappa shape index (κ2) is 6.73. The van der Waals surface area contributed by atoms with Crippen LogP contribution >= 0.6 is 23.1 Å². The lowest BCUT2D eigenvalue weighted by molar-refractivity contribution is -0.115. The maximum atomic E-state index is 11.9. The van der Waals surface area contributed by atoms with Gasteiger partial charge in [-0.25, -0.2) is 4.98 Å². The van der Waals surface area contributed by atoms with Gasteiger partial charge in [0.05, 0.1) is 0 Å². The highest BCUT2D eigenvalue weighted by molar-refractivity contribution is 7.99. The molecule has 0 saturated heterocycles. The van der Waals surface area contributed by atoms with Gasteiger partial charge in [0.1, 0.15) is 10.5 Å². The molecule has 2 N–H and O–H groups in total. The van der Waals surface area contributed by atoms with Gasteiger partial charge in [-0.15, -0.1) is 20.4 Å². The molecule has 0 bridgehead atoms. The van der Waals surface area contributed by atoms with Crippen LogP contribution in [0.25, 0.3) is 22.1 Å². The topological polar surface area (TPSA) is 109 Å². The number of para-hydroxylation sites is 1. The van der Waals surface area contributed by atoms with E-state index in [0.717, 1.165) is 21.4 Å². The number of hydrogen-bond donors (Lipinski definition) is 2. The molecule has 0 aliphatic rings. The van der Waals surface area contributed by atoms with Gasteiger partial charge in [-0.3, -0.25) is 4.79 Å². The maximum Gasteiger partial charge on any atom is 0.227 e. The number of amides is 1. The Morgan fingerprint density at radius 2 is 2.12 bits per heavy atom. The summed E-state index contributed by atoms with van der Waals surface area (Å²) in [6.07, 6.45) is 0.331. The number of benzene rings is 1. The summed E-state index contributed by atoms with van der Waals surface area (Å²) in [4.78, 5) is 19.6. The number of aryl methyl sites for hydroxylation is 1. The smallest absolute Gasteiger partial charge is 0.227 e. The minimum absolute atomic E-state index is 0.108. The van der Waals surface area contributed by atoms with Crippen molar-refractivity contribution in [2.24, 2.45) is 0 Å². The summed E-state index contributed by atoms with van der Waals surface area (Å²) in [5, 5.41) is 21.7. The fourth-order valence-corrected chi connectivity index (χ4v) is 3.66. The molecule has 4 aromatic rings. The van der Waals surface area contributed by atoms with E-state index < -0.39 is 0 Å². The van der Waals surface area contributed by atoms with E-state index in [1.165, 1.54) is 23.1 Å². The molecular weight excluding hydrogens is 358 g/mol. The number of carbonyl (C=O) groups excluding carboxylic acids is 1. The second-order valence-electron chi connectivity index (χ2n) is 5.24. The van der Waals surface area contributed by atoms with E-state index >= 15 is 0 Å². The molecule has 1 aromatic carbocycles. The first-order valence-electron chi connectivity index (χ1n) is 7.53. The standard InChI is InChI=1S/C15H13N7OS2/c1-8-19-22-15(25-8)17-11(23)6-7-24-14-18-13-12(20-21-14)9-4-2-3-5-10(9)16-13/h2-5H,6-7H2,1H3,(H,16,18,21)(H,17,22,23). The molecule has 0 fully saturated rings. The summed E-state index contributed by atoms with van der Waals surface area (Å²) in [6.45, 7) is 1.84. The van der Waals surface area contributed by atoms with Gasteiger partial charge in [0.25, 0.3) is 0 Å². The Hall–Kier alpha value is -2.59. The van der Waals surface area contributed by atoms with Crippen molar-refractivity contribution in [2.45, 2.75) is 18.5 Å². The van der Waals surface area contributed by atoms with E-state index in [1.54, 1.807) is 0 Å². The molecule has 10 heteroatoms. The monoisotopic (exact) mass is 371 g/mol. The second-order valence-corrected chi connectivity index (χ2v) is 7.48. The molecule has 8 nitrogen and oxygen atoms in total. The number of carbonyl (C=O) groups is 1. The normalized spacial score (nSPS) is 11.2. The molecule has 0 spiro atoms. The van der Waals surface area contributed by atoms with Crippen molar-refractivity contribution in [3.05, 3.63) is 29.3 Å². The maximum absolute atomic E-state index is 11.9. The zero-order valence-corrected chi connectivity index (χ0v) is 14.8. The molecule has 126 valence electrons. The van der Waals surface area contributed by atoms with Crippen LogP contribution in [0.1, 0.15) is 11.4 Å². The number of aromatic amines is 1. The molecule has 0 aliphatic carbocycles. The lowest BCUT2D eigenvalue weighted by Gasteiger charge is -2.00. The highest BCUT2D eigenvalue weighted by Crippen LogP contribution is 2.23. The Kier molecular flexibility index (Phi) is 4.28. The van der Waals surface area contributed by atoms with Crippen LogP contribution < -0.4 is 5.32 Å².